The monoisotopic (exact) mass is 367 g/mol. The molecule has 88 valence electrons. The maximum absolute atomic E-state index is 10.4. The number of carbonyl (C=O) groups excluding carboxylic acids is 1. The largest absolute Gasteiger partial charge is 0.512 e. The average Bonchev–Trinajstić information content (AvgIpc) is 2.17. The predicted molar refractivity (Wildman–Crippen MR) is 59.3 cm³/mol. The van der Waals surface area contributed by atoms with Crippen LogP contribution in [0.1, 0.15) is 27.7 Å². The Morgan fingerprint density at radius 3 is 1.88 bits per heavy atom. The van der Waals surface area contributed by atoms with Crippen LogP contribution in [0, 0.1) is 11.3 Å². The van der Waals surface area contributed by atoms with Gasteiger partial charge in [0.2, 0.25) is 0 Å². The number of carbonyl (C=O) groups is 1. The Morgan fingerprint density at radius 1 is 1.38 bits per heavy atom. The first-order valence-corrected chi connectivity index (χ1v) is 5.87. The number of nitriles is 1. The fourth-order valence-corrected chi connectivity index (χ4v) is 0.625. The molecule has 0 aromatic carbocycles. The molecule has 0 aromatic heterocycles. The Kier molecular flexibility index (Phi) is 16.6. The van der Waals surface area contributed by atoms with Crippen molar-refractivity contribution >= 4 is 30.6 Å². The molecule has 0 aliphatic carbocycles. The van der Waals surface area contributed by atoms with Gasteiger partial charge in [0, 0.05) is 22.6 Å². The Morgan fingerprint density at radius 2 is 1.81 bits per heavy atom. The molecule has 0 saturated carbocycles. The summed E-state index contributed by atoms with van der Waals surface area (Å²) in [5, 5.41) is 16.6. The van der Waals surface area contributed by atoms with Gasteiger partial charge in [-0.25, -0.2) is 0 Å². The van der Waals surface area contributed by atoms with Crippen LogP contribution in [-0.2, 0) is 24.7 Å². The minimum atomic E-state index is -0.0787. The fourth-order valence-electron chi connectivity index (χ4n) is 0.387. The average molecular weight is 367 g/mol. The van der Waals surface area contributed by atoms with Crippen molar-refractivity contribution in [3.8, 4) is 6.07 Å². The van der Waals surface area contributed by atoms with Gasteiger partial charge in [0.1, 0.15) is 0 Å². The molecule has 0 aromatic rings. The molecule has 16 heavy (non-hydrogen) atoms. The van der Waals surface area contributed by atoms with E-state index in [1.165, 1.54) is 19.9 Å². The van der Waals surface area contributed by atoms with E-state index in [0.29, 0.717) is 36.1 Å². The molecule has 0 heterocycles. The van der Waals surface area contributed by atoms with Crippen molar-refractivity contribution in [2.24, 2.45) is 0 Å². The summed E-state index contributed by atoms with van der Waals surface area (Å²) in [6.45, 7) is 6.29. The second-order valence-corrected chi connectivity index (χ2v) is 3.62. The predicted octanol–water partition coefficient (Wildman–Crippen LogP) is 1.67. The summed E-state index contributed by atoms with van der Waals surface area (Å²) < 4.78 is 4.80. The molecule has 0 fully saturated rings. The second kappa shape index (κ2) is 12.7. The SMILES string of the molecule is CC(=CC#N)[O][InH].CC(=O)C(C)=C(C)O.[Mn]. The van der Waals surface area contributed by atoms with Crippen LogP contribution in [0.2, 0.25) is 0 Å². The third-order valence-corrected chi connectivity index (χ3v) is 2.87. The number of aliphatic hydroxyl groups excluding tert-OH is 1. The summed E-state index contributed by atoms with van der Waals surface area (Å²) in [5.41, 5.74) is 0.435. The van der Waals surface area contributed by atoms with E-state index in [1.54, 1.807) is 13.8 Å². The van der Waals surface area contributed by atoms with Gasteiger partial charge in [0.05, 0.1) is 5.76 Å². The van der Waals surface area contributed by atoms with Crippen molar-refractivity contribution in [1.82, 2.24) is 0 Å². The van der Waals surface area contributed by atoms with Gasteiger partial charge in [0.25, 0.3) is 0 Å². The zero-order chi connectivity index (χ0) is 12.4. The normalized spacial score (nSPS) is 10.8. The second-order valence-electron chi connectivity index (χ2n) is 2.80. The molecule has 0 saturated heterocycles. The standard InChI is InChI=1S/C6H10O2.C4H5NO.In.Mn.H/c1-4(5(2)7)6(3)8;1-4(6)2-3-5;;;/h7H,1-3H3;2,6H,1H3;;;/q;;+1;;/p-1. The van der Waals surface area contributed by atoms with Crippen LogP contribution in [0.4, 0.5) is 0 Å². The molecule has 0 rings (SSSR count). The van der Waals surface area contributed by atoms with Crippen LogP contribution in [0.25, 0.3) is 0 Å². The van der Waals surface area contributed by atoms with E-state index >= 15 is 0 Å². The topological polar surface area (TPSA) is 70.3 Å². The Hall–Kier alpha value is -0.370. The molecule has 0 bridgehead atoms. The molecule has 0 spiro atoms. The third kappa shape index (κ3) is 13.6. The van der Waals surface area contributed by atoms with Gasteiger partial charge >= 0.3 is 57.8 Å². The maximum Gasteiger partial charge on any atom is 0.158 e. The Bertz CT molecular complexity index is 315. The number of hydrogen-bond donors (Lipinski definition) is 1. The first kappa shape index (κ1) is 21.0. The molecule has 0 unspecified atom stereocenters. The van der Waals surface area contributed by atoms with Gasteiger partial charge in [-0.2, -0.15) is 0 Å². The van der Waals surface area contributed by atoms with Crippen molar-refractivity contribution in [2.75, 3.05) is 0 Å². The molecule has 1 N–H and O–H groups in total. The molecular weight excluding hydrogens is 352 g/mol. The summed E-state index contributed by atoms with van der Waals surface area (Å²) in [6, 6.07) is 1.86. The molecular formula is C10H15InMnNO3. The first-order valence-electron chi connectivity index (χ1n) is 4.22. The van der Waals surface area contributed by atoms with Crippen LogP contribution >= 0.6 is 0 Å². The van der Waals surface area contributed by atoms with Gasteiger partial charge in [-0.3, -0.25) is 4.79 Å². The summed E-state index contributed by atoms with van der Waals surface area (Å²) in [5.74, 6) is 0.747. The molecule has 0 atom stereocenters. The van der Waals surface area contributed by atoms with Gasteiger partial charge in [-0.1, -0.05) is 0 Å². The maximum atomic E-state index is 10.4. The first-order chi connectivity index (χ1) is 6.86. The summed E-state index contributed by atoms with van der Waals surface area (Å²) in [7, 11) is 0. The van der Waals surface area contributed by atoms with Crippen molar-refractivity contribution < 1.29 is 29.8 Å². The van der Waals surface area contributed by atoms with Crippen molar-refractivity contribution in [3.63, 3.8) is 0 Å². The number of rotatable bonds is 2. The van der Waals surface area contributed by atoms with E-state index < -0.39 is 0 Å². The minimum Gasteiger partial charge on any atom is -0.512 e. The van der Waals surface area contributed by atoms with Crippen molar-refractivity contribution in [1.29, 1.82) is 5.26 Å². The smallest absolute Gasteiger partial charge is 0.158 e. The van der Waals surface area contributed by atoms with E-state index in [1.807, 2.05) is 6.07 Å². The molecule has 0 aliphatic rings. The van der Waals surface area contributed by atoms with E-state index in [9.17, 15) is 4.79 Å². The number of Topliss-reactive ketones (excluding diaryl/α,β-unsaturated/α-hetero) is 1. The van der Waals surface area contributed by atoms with E-state index in [0.717, 1.165) is 0 Å². The summed E-state index contributed by atoms with van der Waals surface area (Å²) in [4.78, 5) is 10.4. The molecule has 4 nitrogen and oxygen atoms in total. The van der Waals surface area contributed by atoms with Gasteiger partial charge in [-0.05, 0) is 20.8 Å². The zero-order valence-electron chi connectivity index (χ0n) is 9.87. The van der Waals surface area contributed by atoms with Gasteiger partial charge in [0.15, 0.2) is 5.78 Å². The summed E-state index contributed by atoms with van der Waals surface area (Å²) in [6.07, 6.45) is 1.39. The summed E-state index contributed by atoms with van der Waals surface area (Å²) >= 11 is 0.474. The Labute approximate surface area is 122 Å². The molecule has 2 radical (unpaired) electrons. The number of nitrogens with zero attached hydrogens (tertiary/aromatic N) is 1. The fraction of sp³-hybridized carbons (Fsp3) is 0.400. The minimum absolute atomic E-state index is 0. The Balaban J connectivity index is -0.000000200. The van der Waals surface area contributed by atoms with E-state index in [4.69, 9.17) is 13.2 Å². The van der Waals surface area contributed by atoms with Crippen LogP contribution in [0.3, 0.4) is 0 Å². The number of hydrogen-bond acceptors (Lipinski definition) is 4. The number of aliphatic hydroxyl groups is 1. The molecule has 0 aliphatic heterocycles. The van der Waals surface area contributed by atoms with Crippen LogP contribution in [-0.4, -0.2) is 35.7 Å². The van der Waals surface area contributed by atoms with E-state index in [2.05, 4.69) is 0 Å². The van der Waals surface area contributed by atoms with Gasteiger partial charge in [-0.15, -0.1) is 0 Å². The third-order valence-electron chi connectivity index (χ3n) is 1.57. The van der Waals surface area contributed by atoms with E-state index in [-0.39, 0.29) is 28.6 Å². The van der Waals surface area contributed by atoms with Crippen LogP contribution in [0.5, 0.6) is 0 Å². The molecule has 0 amide bonds. The quantitative estimate of drug-likeness (QED) is 0.349. The van der Waals surface area contributed by atoms with Crippen molar-refractivity contribution in [3.05, 3.63) is 23.2 Å². The number of ketones is 1. The molecule has 6 heteroatoms. The number of allylic oxidation sites excluding steroid dienone is 4. The van der Waals surface area contributed by atoms with Gasteiger partial charge < -0.3 is 5.11 Å². The zero-order valence-corrected chi connectivity index (χ0v) is 15.1. The van der Waals surface area contributed by atoms with Crippen LogP contribution in [0.15, 0.2) is 23.2 Å². The van der Waals surface area contributed by atoms with Crippen molar-refractivity contribution in [2.45, 2.75) is 27.7 Å². The van der Waals surface area contributed by atoms with Crippen LogP contribution < -0.4 is 0 Å².